The minimum absolute atomic E-state index is 0.0162. The monoisotopic (exact) mass is 242 g/mol. The number of likely N-dealkylation sites (tertiary alicyclic amines) is 1. The van der Waals surface area contributed by atoms with Crippen LogP contribution < -0.4 is 5.32 Å². The molecule has 0 saturated carbocycles. The zero-order valence-corrected chi connectivity index (χ0v) is 10.5. The predicted octanol–water partition coefficient (Wildman–Crippen LogP) is 0.986. The molecule has 17 heavy (non-hydrogen) atoms. The van der Waals surface area contributed by atoms with Gasteiger partial charge in [0.25, 0.3) is 0 Å². The van der Waals surface area contributed by atoms with Gasteiger partial charge < -0.3 is 19.7 Å². The fourth-order valence-corrected chi connectivity index (χ4v) is 2.27. The van der Waals surface area contributed by atoms with Gasteiger partial charge in [0, 0.05) is 26.2 Å². The van der Waals surface area contributed by atoms with Crippen LogP contribution in [0.15, 0.2) is 0 Å². The molecule has 0 bridgehead atoms. The molecule has 2 atom stereocenters. The number of nitrogens with zero attached hydrogens (tertiary/aromatic N) is 1. The van der Waals surface area contributed by atoms with Crippen LogP contribution in [0, 0.1) is 0 Å². The predicted molar refractivity (Wildman–Crippen MR) is 64.0 cm³/mol. The van der Waals surface area contributed by atoms with Crippen LogP contribution in [0.2, 0.25) is 0 Å². The summed E-state index contributed by atoms with van der Waals surface area (Å²) in [5.41, 5.74) is 0. The molecule has 2 unspecified atom stereocenters. The molecule has 0 aromatic rings. The maximum absolute atomic E-state index is 11.9. The summed E-state index contributed by atoms with van der Waals surface area (Å²) in [4.78, 5) is 13.7. The fraction of sp³-hybridized carbons (Fsp3) is 0.917. The van der Waals surface area contributed by atoms with Gasteiger partial charge in [-0.15, -0.1) is 0 Å². The van der Waals surface area contributed by atoms with Gasteiger partial charge in [0.1, 0.15) is 12.2 Å². The van der Waals surface area contributed by atoms with Crippen molar-refractivity contribution in [3.8, 4) is 0 Å². The smallest absolute Gasteiger partial charge is 0.410 e. The molecule has 2 heterocycles. The molecular formula is C12H22N2O3. The number of morpholine rings is 1. The normalized spacial score (nSPS) is 27.6. The van der Waals surface area contributed by atoms with Crippen molar-refractivity contribution in [1.29, 1.82) is 0 Å². The Morgan fingerprint density at radius 3 is 2.82 bits per heavy atom. The lowest BCUT2D eigenvalue weighted by Gasteiger charge is -2.31. The van der Waals surface area contributed by atoms with E-state index in [1.807, 2.05) is 6.92 Å². The molecule has 2 rings (SSSR count). The minimum atomic E-state index is -0.189. The van der Waals surface area contributed by atoms with Crippen LogP contribution >= 0.6 is 0 Å². The van der Waals surface area contributed by atoms with Crippen LogP contribution in [-0.2, 0) is 9.47 Å². The Kier molecular flexibility index (Phi) is 4.62. The number of hydrogen-bond donors (Lipinski definition) is 1. The van der Waals surface area contributed by atoms with E-state index in [0.29, 0.717) is 6.61 Å². The molecule has 2 fully saturated rings. The van der Waals surface area contributed by atoms with Crippen molar-refractivity contribution in [2.24, 2.45) is 0 Å². The molecule has 1 amide bonds. The summed E-state index contributed by atoms with van der Waals surface area (Å²) in [6.45, 7) is 5.89. The van der Waals surface area contributed by atoms with Gasteiger partial charge in [-0.3, -0.25) is 0 Å². The lowest BCUT2D eigenvalue weighted by Crippen LogP contribution is -2.47. The number of carbonyl (C=O) groups excluding carboxylic acids is 1. The Morgan fingerprint density at radius 1 is 1.41 bits per heavy atom. The fourth-order valence-electron chi connectivity index (χ4n) is 2.27. The Bertz CT molecular complexity index is 248. The molecule has 1 N–H and O–H groups in total. The molecule has 2 aliphatic rings. The van der Waals surface area contributed by atoms with E-state index in [-0.39, 0.29) is 18.3 Å². The highest BCUT2D eigenvalue weighted by atomic mass is 16.6. The quantitative estimate of drug-likeness (QED) is 0.784. The van der Waals surface area contributed by atoms with E-state index in [9.17, 15) is 4.79 Å². The minimum Gasteiger partial charge on any atom is -0.444 e. The van der Waals surface area contributed by atoms with E-state index >= 15 is 0 Å². The first kappa shape index (κ1) is 12.6. The number of hydrogen-bond acceptors (Lipinski definition) is 4. The molecule has 5 heteroatoms. The Labute approximate surface area is 102 Å². The maximum atomic E-state index is 11.9. The number of amides is 1. The number of ether oxygens (including phenoxy) is 2. The molecule has 0 spiro atoms. The van der Waals surface area contributed by atoms with Crippen molar-refractivity contribution in [1.82, 2.24) is 10.2 Å². The van der Waals surface area contributed by atoms with Gasteiger partial charge >= 0.3 is 6.09 Å². The standard InChI is InChI=1S/C12H22N2O3/c1-10(11-9-13-5-8-16-11)17-12(15)14-6-3-2-4-7-14/h10-11,13H,2-9H2,1H3. The summed E-state index contributed by atoms with van der Waals surface area (Å²) in [7, 11) is 0. The molecule has 0 aromatic heterocycles. The molecule has 2 aliphatic heterocycles. The second-order valence-corrected chi connectivity index (χ2v) is 4.75. The summed E-state index contributed by atoms with van der Waals surface area (Å²) in [6.07, 6.45) is 3.01. The van der Waals surface area contributed by atoms with E-state index in [2.05, 4.69) is 5.32 Å². The average Bonchev–Trinajstić information content (AvgIpc) is 2.40. The molecule has 0 radical (unpaired) electrons. The van der Waals surface area contributed by atoms with Gasteiger partial charge in [-0.25, -0.2) is 4.79 Å². The van der Waals surface area contributed by atoms with Gasteiger partial charge in [0.15, 0.2) is 0 Å². The van der Waals surface area contributed by atoms with Crippen molar-refractivity contribution in [2.75, 3.05) is 32.8 Å². The highest BCUT2D eigenvalue weighted by molar-refractivity contribution is 5.67. The zero-order chi connectivity index (χ0) is 12.1. The summed E-state index contributed by atoms with van der Waals surface area (Å²) < 4.78 is 11.0. The van der Waals surface area contributed by atoms with Crippen LogP contribution in [0.4, 0.5) is 4.79 Å². The number of rotatable bonds is 2. The number of piperidine rings is 1. The van der Waals surface area contributed by atoms with E-state index < -0.39 is 0 Å². The summed E-state index contributed by atoms with van der Waals surface area (Å²) in [5.74, 6) is 0. The third-order valence-corrected chi connectivity index (χ3v) is 3.38. The Morgan fingerprint density at radius 2 is 2.18 bits per heavy atom. The Hall–Kier alpha value is -0.810. The summed E-state index contributed by atoms with van der Waals surface area (Å²) in [5, 5.41) is 3.24. The lowest BCUT2D eigenvalue weighted by atomic mass is 10.1. The average molecular weight is 242 g/mol. The molecular weight excluding hydrogens is 220 g/mol. The molecule has 2 saturated heterocycles. The summed E-state index contributed by atoms with van der Waals surface area (Å²) in [6, 6.07) is 0. The first-order valence-electron chi connectivity index (χ1n) is 6.55. The highest BCUT2D eigenvalue weighted by Gasteiger charge is 2.26. The first-order valence-corrected chi connectivity index (χ1v) is 6.55. The van der Waals surface area contributed by atoms with Crippen molar-refractivity contribution >= 4 is 6.09 Å². The van der Waals surface area contributed by atoms with Crippen molar-refractivity contribution in [3.05, 3.63) is 0 Å². The van der Waals surface area contributed by atoms with Gasteiger partial charge in [-0.05, 0) is 26.2 Å². The molecule has 0 aliphatic carbocycles. The van der Waals surface area contributed by atoms with Gasteiger partial charge in [0.05, 0.1) is 6.61 Å². The molecule has 98 valence electrons. The van der Waals surface area contributed by atoms with Crippen LogP contribution in [-0.4, -0.2) is 56.0 Å². The van der Waals surface area contributed by atoms with Crippen molar-refractivity contribution in [2.45, 2.75) is 38.4 Å². The third kappa shape index (κ3) is 3.57. The van der Waals surface area contributed by atoms with Crippen molar-refractivity contribution in [3.63, 3.8) is 0 Å². The Balaban J connectivity index is 1.76. The second kappa shape index (κ2) is 6.21. The van der Waals surface area contributed by atoms with E-state index in [0.717, 1.165) is 39.0 Å². The van der Waals surface area contributed by atoms with Gasteiger partial charge in [-0.2, -0.15) is 0 Å². The summed E-state index contributed by atoms with van der Waals surface area (Å²) >= 11 is 0. The van der Waals surface area contributed by atoms with Crippen LogP contribution in [0.5, 0.6) is 0 Å². The SMILES string of the molecule is CC(OC(=O)N1CCCCC1)C1CNCCO1. The van der Waals surface area contributed by atoms with Crippen LogP contribution in [0.3, 0.4) is 0 Å². The zero-order valence-electron chi connectivity index (χ0n) is 10.5. The molecule has 0 aromatic carbocycles. The van der Waals surface area contributed by atoms with Crippen LogP contribution in [0.25, 0.3) is 0 Å². The van der Waals surface area contributed by atoms with Crippen molar-refractivity contribution < 1.29 is 14.3 Å². The van der Waals surface area contributed by atoms with Gasteiger partial charge in [0.2, 0.25) is 0 Å². The van der Waals surface area contributed by atoms with Crippen LogP contribution in [0.1, 0.15) is 26.2 Å². The van der Waals surface area contributed by atoms with Gasteiger partial charge in [-0.1, -0.05) is 0 Å². The molecule has 5 nitrogen and oxygen atoms in total. The number of nitrogens with one attached hydrogen (secondary N) is 1. The third-order valence-electron chi connectivity index (χ3n) is 3.38. The van der Waals surface area contributed by atoms with E-state index in [4.69, 9.17) is 9.47 Å². The van der Waals surface area contributed by atoms with E-state index in [1.54, 1.807) is 4.90 Å². The topological polar surface area (TPSA) is 50.8 Å². The maximum Gasteiger partial charge on any atom is 0.410 e. The largest absolute Gasteiger partial charge is 0.444 e. The lowest BCUT2D eigenvalue weighted by molar-refractivity contribution is -0.0576. The van der Waals surface area contributed by atoms with E-state index in [1.165, 1.54) is 6.42 Å². The highest BCUT2D eigenvalue weighted by Crippen LogP contribution is 2.13. The second-order valence-electron chi connectivity index (χ2n) is 4.75. The first-order chi connectivity index (χ1) is 8.27. The number of carbonyl (C=O) groups is 1.